The van der Waals surface area contributed by atoms with E-state index in [1.165, 1.54) is 180 Å². The zero-order chi connectivity index (χ0) is 69.6. The molecule has 0 radical (unpaired) electrons. The molecular formula is C75H146O17P2. The van der Waals surface area contributed by atoms with Crippen molar-refractivity contribution < 1.29 is 80.2 Å². The molecule has 0 amide bonds. The molecule has 0 spiro atoms. The summed E-state index contributed by atoms with van der Waals surface area (Å²) in [5.74, 6) is 0.948. The lowest BCUT2D eigenvalue weighted by Gasteiger charge is -2.21. The summed E-state index contributed by atoms with van der Waals surface area (Å²) in [5, 5.41) is 10.6. The molecule has 7 atom stereocenters. The van der Waals surface area contributed by atoms with Crippen molar-refractivity contribution in [3.63, 3.8) is 0 Å². The van der Waals surface area contributed by atoms with Gasteiger partial charge in [-0.05, 0) is 49.4 Å². The van der Waals surface area contributed by atoms with Crippen molar-refractivity contribution in [3.8, 4) is 0 Å². The standard InChI is InChI=1S/C75H146O17P2/c1-9-67(7)53-45-37-29-22-18-13-11-12-14-19-23-30-39-47-55-72(77)85-61-70(91-74(79)57-49-41-32-24-20-16-15-17-21-27-35-43-51-65(3)4)63-89-93(81,82)87-59-69(76)60-88-94(83,84)90-64-71(92-75(80)58-50-42-34-33-38-46-54-68(8)10-2)62-86-73(78)56-48-40-31-26-25-28-36-44-52-66(5)6/h65-71,76H,9-64H2,1-8H3,(H,81,82)(H,83,84)/t67?,68?,69?,70-,71-/m1/s1. The van der Waals surface area contributed by atoms with Gasteiger partial charge in [-0.2, -0.15) is 0 Å². The quantitative estimate of drug-likeness (QED) is 0.0222. The third-order valence-corrected chi connectivity index (χ3v) is 19.9. The van der Waals surface area contributed by atoms with Crippen LogP contribution in [0.4, 0.5) is 0 Å². The van der Waals surface area contributed by atoms with Crippen molar-refractivity contribution in [1.82, 2.24) is 0 Å². The summed E-state index contributed by atoms with van der Waals surface area (Å²) in [6.45, 7) is 14.2. The number of rotatable bonds is 72. The molecule has 19 heteroatoms. The van der Waals surface area contributed by atoms with Gasteiger partial charge in [0.25, 0.3) is 0 Å². The van der Waals surface area contributed by atoms with E-state index in [2.05, 4.69) is 55.4 Å². The number of phosphoric acid groups is 2. The van der Waals surface area contributed by atoms with Gasteiger partial charge in [0.1, 0.15) is 19.3 Å². The second-order valence-corrected chi connectivity index (χ2v) is 31.4. The molecule has 94 heavy (non-hydrogen) atoms. The van der Waals surface area contributed by atoms with Gasteiger partial charge in [-0.3, -0.25) is 37.3 Å². The van der Waals surface area contributed by atoms with Crippen molar-refractivity contribution in [1.29, 1.82) is 0 Å². The fourth-order valence-corrected chi connectivity index (χ4v) is 12.9. The number of esters is 4. The lowest BCUT2D eigenvalue weighted by molar-refractivity contribution is -0.161. The molecule has 0 saturated heterocycles. The van der Waals surface area contributed by atoms with Gasteiger partial charge in [0, 0.05) is 25.7 Å². The highest BCUT2D eigenvalue weighted by atomic mass is 31.2. The van der Waals surface area contributed by atoms with E-state index in [0.717, 1.165) is 114 Å². The third kappa shape index (κ3) is 66.0. The Morgan fingerprint density at radius 3 is 0.755 bits per heavy atom. The molecule has 0 aromatic rings. The summed E-state index contributed by atoms with van der Waals surface area (Å²) in [6, 6.07) is 0. The molecule has 0 aliphatic carbocycles. The lowest BCUT2D eigenvalue weighted by atomic mass is 9.99. The predicted molar refractivity (Wildman–Crippen MR) is 381 cm³/mol. The monoisotopic (exact) mass is 1380 g/mol. The minimum atomic E-state index is -4.96. The molecule has 17 nitrogen and oxygen atoms in total. The Labute approximate surface area is 575 Å². The molecule has 0 rings (SSSR count). The van der Waals surface area contributed by atoms with Crippen LogP contribution in [0.3, 0.4) is 0 Å². The number of phosphoric ester groups is 2. The first kappa shape index (κ1) is 92.1. The number of aliphatic hydroxyl groups excluding tert-OH is 1. The molecule has 3 N–H and O–H groups in total. The Hall–Kier alpha value is -1.94. The van der Waals surface area contributed by atoms with Gasteiger partial charge in [-0.1, -0.05) is 325 Å². The van der Waals surface area contributed by atoms with Gasteiger partial charge in [0.05, 0.1) is 26.4 Å². The minimum absolute atomic E-state index is 0.102. The number of unbranched alkanes of at least 4 members (excludes halogenated alkanes) is 36. The van der Waals surface area contributed by atoms with E-state index < -0.39 is 97.5 Å². The maximum atomic E-state index is 13.1. The van der Waals surface area contributed by atoms with Crippen molar-refractivity contribution in [3.05, 3.63) is 0 Å². The fraction of sp³-hybridized carbons (Fsp3) is 0.947. The summed E-state index contributed by atoms with van der Waals surface area (Å²) >= 11 is 0. The lowest BCUT2D eigenvalue weighted by Crippen LogP contribution is -2.30. The summed E-state index contributed by atoms with van der Waals surface area (Å²) in [4.78, 5) is 72.7. The second kappa shape index (κ2) is 64.4. The third-order valence-electron chi connectivity index (χ3n) is 18.0. The Morgan fingerprint density at radius 1 is 0.298 bits per heavy atom. The first-order chi connectivity index (χ1) is 45.2. The van der Waals surface area contributed by atoms with Crippen LogP contribution in [-0.4, -0.2) is 96.7 Å². The van der Waals surface area contributed by atoms with Crippen LogP contribution >= 0.6 is 15.6 Å². The van der Waals surface area contributed by atoms with Crippen molar-refractivity contribution in [2.45, 2.75) is 395 Å². The molecule has 5 unspecified atom stereocenters. The average Bonchev–Trinajstić information content (AvgIpc) is 1.36. The zero-order valence-electron chi connectivity index (χ0n) is 61.6. The molecule has 558 valence electrons. The smallest absolute Gasteiger partial charge is 0.462 e. The van der Waals surface area contributed by atoms with Crippen LogP contribution < -0.4 is 0 Å². The van der Waals surface area contributed by atoms with Gasteiger partial charge < -0.3 is 33.8 Å². The maximum absolute atomic E-state index is 13.1. The molecule has 0 aliphatic heterocycles. The molecule has 0 aromatic heterocycles. The summed E-state index contributed by atoms with van der Waals surface area (Å²) in [6.07, 6.45) is 48.6. The first-order valence-electron chi connectivity index (χ1n) is 38.8. The fourth-order valence-electron chi connectivity index (χ4n) is 11.3. The summed E-state index contributed by atoms with van der Waals surface area (Å²) in [5.41, 5.74) is 0. The molecule has 0 fully saturated rings. The van der Waals surface area contributed by atoms with E-state index in [9.17, 15) is 43.2 Å². The van der Waals surface area contributed by atoms with E-state index in [1.54, 1.807) is 0 Å². The highest BCUT2D eigenvalue weighted by Crippen LogP contribution is 2.45. The molecule has 0 aromatic carbocycles. The molecule has 0 saturated carbocycles. The van der Waals surface area contributed by atoms with Crippen molar-refractivity contribution in [2.24, 2.45) is 23.7 Å². The van der Waals surface area contributed by atoms with E-state index in [-0.39, 0.29) is 25.7 Å². The average molecular weight is 1380 g/mol. The van der Waals surface area contributed by atoms with Crippen LogP contribution in [0.25, 0.3) is 0 Å². The number of carbonyl (C=O) groups excluding carboxylic acids is 4. The Kier molecular flexibility index (Phi) is 63.1. The van der Waals surface area contributed by atoms with Gasteiger partial charge in [0.15, 0.2) is 12.2 Å². The van der Waals surface area contributed by atoms with Crippen molar-refractivity contribution >= 4 is 39.5 Å². The largest absolute Gasteiger partial charge is 0.472 e. The SMILES string of the molecule is CCC(C)CCCCCCCCCCCCCCCCC(=O)OC[C@H](COP(=O)(O)OCC(O)COP(=O)(O)OC[C@@H](COC(=O)CCCCCCCCCCC(C)C)OC(=O)CCCCCCCCC(C)CC)OC(=O)CCCCCCCCCCCCCCC(C)C. The Bertz CT molecular complexity index is 1850. The van der Waals surface area contributed by atoms with Crippen LogP contribution in [0.15, 0.2) is 0 Å². The van der Waals surface area contributed by atoms with E-state index in [4.69, 9.17) is 37.0 Å². The predicted octanol–water partition coefficient (Wildman–Crippen LogP) is 21.7. The number of hydrogen-bond donors (Lipinski definition) is 3. The summed E-state index contributed by atoms with van der Waals surface area (Å²) in [7, 11) is -9.91. The van der Waals surface area contributed by atoms with Crippen LogP contribution in [0.2, 0.25) is 0 Å². The van der Waals surface area contributed by atoms with Crippen LogP contribution in [-0.2, 0) is 65.4 Å². The topological polar surface area (TPSA) is 237 Å². The first-order valence-corrected chi connectivity index (χ1v) is 41.8. The number of hydrogen-bond acceptors (Lipinski definition) is 15. The van der Waals surface area contributed by atoms with Crippen molar-refractivity contribution in [2.75, 3.05) is 39.6 Å². The molecule has 0 aliphatic rings. The summed E-state index contributed by atoms with van der Waals surface area (Å²) < 4.78 is 68.5. The van der Waals surface area contributed by atoms with Crippen LogP contribution in [0, 0.1) is 23.7 Å². The molecule has 0 heterocycles. The normalized spacial score (nSPS) is 14.7. The van der Waals surface area contributed by atoms with E-state index >= 15 is 0 Å². The van der Waals surface area contributed by atoms with Gasteiger partial charge >= 0.3 is 39.5 Å². The van der Waals surface area contributed by atoms with E-state index in [1.807, 2.05) is 0 Å². The van der Waals surface area contributed by atoms with Crippen LogP contribution in [0.5, 0.6) is 0 Å². The highest BCUT2D eigenvalue weighted by molar-refractivity contribution is 7.47. The maximum Gasteiger partial charge on any atom is 0.472 e. The van der Waals surface area contributed by atoms with Gasteiger partial charge in [0.2, 0.25) is 0 Å². The van der Waals surface area contributed by atoms with Gasteiger partial charge in [-0.25, -0.2) is 9.13 Å². The zero-order valence-corrected chi connectivity index (χ0v) is 63.4. The second-order valence-electron chi connectivity index (χ2n) is 28.5. The minimum Gasteiger partial charge on any atom is -0.462 e. The molecular weight excluding hydrogens is 1230 g/mol. The number of ether oxygens (including phenoxy) is 4. The molecule has 0 bridgehead atoms. The van der Waals surface area contributed by atoms with Gasteiger partial charge in [-0.15, -0.1) is 0 Å². The Morgan fingerprint density at radius 2 is 0.511 bits per heavy atom. The number of aliphatic hydroxyl groups is 1. The Balaban J connectivity index is 5.24. The highest BCUT2D eigenvalue weighted by Gasteiger charge is 2.30. The van der Waals surface area contributed by atoms with E-state index in [0.29, 0.717) is 25.7 Å². The van der Waals surface area contributed by atoms with Crippen LogP contribution in [0.1, 0.15) is 376 Å². The number of carbonyl (C=O) groups is 4.